The summed E-state index contributed by atoms with van der Waals surface area (Å²) in [5, 5.41) is 12.8. The van der Waals surface area contributed by atoms with Crippen LogP contribution < -0.4 is 5.56 Å². The van der Waals surface area contributed by atoms with Crippen LogP contribution in [0.4, 0.5) is 0 Å². The van der Waals surface area contributed by atoms with Gasteiger partial charge in [-0.05, 0) is 30.7 Å². The maximum atomic E-state index is 12.3. The largest absolute Gasteiger partial charge is 0.494 e. The lowest BCUT2D eigenvalue weighted by Crippen LogP contribution is -2.19. The van der Waals surface area contributed by atoms with Gasteiger partial charge in [0.25, 0.3) is 5.56 Å². The molecule has 6 heteroatoms. The van der Waals surface area contributed by atoms with Gasteiger partial charge in [-0.15, -0.1) is 11.3 Å². The highest BCUT2D eigenvalue weighted by Crippen LogP contribution is 2.32. The van der Waals surface area contributed by atoms with E-state index in [-0.39, 0.29) is 11.4 Å². The number of aryl methyl sites for hydroxylation is 1. The fourth-order valence-corrected chi connectivity index (χ4v) is 2.91. The van der Waals surface area contributed by atoms with E-state index in [2.05, 4.69) is 9.97 Å². The second-order valence-corrected chi connectivity index (χ2v) is 5.55. The van der Waals surface area contributed by atoms with E-state index in [4.69, 9.17) is 0 Å². The average molecular weight is 299 g/mol. The number of nitrogens with zero attached hydrogens (tertiary/aromatic N) is 3. The van der Waals surface area contributed by atoms with E-state index < -0.39 is 0 Å². The smallest absolute Gasteiger partial charge is 0.260 e. The van der Waals surface area contributed by atoms with Gasteiger partial charge in [-0.25, -0.2) is 4.98 Å². The van der Waals surface area contributed by atoms with Crippen molar-refractivity contribution in [3.05, 3.63) is 52.0 Å². The van der Waals surface area contributed by atoms with Gasteiger partial charge in [-0.1, -0.05) is 0 Å². The number of thiazole rings is 1. The monoisotopic (exact) mass is 299 g/mol. The molecule has 0 bridgehead atoms. The lowest BCUT2D eigenvalue weighted by molar-refractivity contribution is 0.426. The fraction of sp³-hybridized carbons (Fsp3) is 0.133. The second-order valence-electron chi connectivity index (χ2n) is 4.69. The average Bonchev–Trinajstić information content (AvgIpc) is 2.92. The van der Waals surface area contributed by atoms with Gasteiger partial charge in [-0.3, -0.25) is 14.3 Å². The Hall–Kier alpha value is -2.47. The molecule has 0 amide bonds. The van der Waals surface area contributed by atoms with E-state index in [1.165, 1.54) is 15.9 Å². The van der Waals surface area contributed by atoms with Crippen LogP contribution >= 0.6 is 11.3 Å². The molecule has 0 aliphatic carbocycles. The van der Waals surface area contributed by atoms with Crippen molar-refractivity contribution in [2.45, 2.75) is 6.92 Å². The van der Waals surface area contributed by atoms with Crippen molar-refractivity contribution in [3.63, 3.8) is 0 Å². The van der Waals surface area contributed by atoms with E-state index >= 15 is 0 Å². The Kier molecular flexibility index (Phi) is 3.31. The predicted molar refractivity (Wildman–Crippen MR) is 82.4 cm³/mol. The second kappa shape index (κ2) is 5.14. The molecule has 0 aliphatic rings. The molecule has 3 heterocycles. The standard InChI is InChI=1S/C15H13N3O2S/c1-9-8-21-13(17-9)12-7-11(10-3-5-16-6-4-10)14(19)18(2)15(12)20/h3-8,20H,1-2H3. The molecule has 0 unspecified atom stereocenters. The van der Waals surface area contributed by atoms with Gasteiger partial charge >= 0.3 is 0 Å². The number of rotatable bonds is 2. The number of aromatic hydroxyl groups is 1. The Labute approximate surface area is 125 Å². The molecule has 3 rings (SSSR count). The Morgan fingerprint density at radius 2 is 1.95 bits per heavy atom. The van der Waals surface area contributed by atoms with Crippen molar-refractivity contribution in [1.82, 2.24) is 14.5 Å². The van der Waals surface area contributed by atoms with Crippen LogP contribution in [0.2, 0.25) is 0 Å². The summed E-state index contributed by atoms with van der Waals surface area (Å²) in [4.78, 5) is 20.7. The van der Waals surface area contributed by atoms with Crippen LogP contribution in [0.3, 0.4) is 0 Å². The molecule has 0 saturated carbocycles. The Morgan fingerprint density at radius 1 is 1.24 bits per heavy atom. The van der Waals surface area contributed by atoms with E-state index in [0.717, 1.165) is 11.3 Å². The highest BCUT2D eigenvalue weighted by Gasteiger charge is 2.16. The minimum absolute atomic E-state index is 0.0767. The van der Waals surface area contributed by atoms with E-state index in [9.17, 15) is 9.90 Å². The zero-order chi connectivity index (χ0) is 15.0. The number of aromatic nitrogens is 3. The quantitative estimate of drug-likeness (QED) is 0.789. The van der Waals surface area contributed by atoms with Crippen LogP contribution in [-0.4, -0.2) is 19.6 Å². The molecule has 5 nitrogen and oxygen atoms in total. The van der Waals surface area contributed by atoms with Crippen molar-refractivity contribution >= 4 is 11.3 Å². The molecule has 0 fully saturated rings. The Morgan fingerprint density at radius 3 is 2.57 bits per heavy atom. The molecule has 0 radical (unpaired) electrons. The fourth-order valence-electron chi connectivity index (χ4n) is 2.10. The molecule has 1 N–H and O–H groups in total. The zero-order valence-electron chi connectivity index (χ0n) is 11.6. The Balaban J connectivity index is 2.28. The van der Waals surface area contributed by atoms with Crippen molar-refractivity contribution in [2.24, 2.45) is 7.05 Å². The summed E-state index contributed by atoms with van der Waals surface area (Å²) in [7, 11) is 1.55. The summed E-state index contributed by atoms with van der Waals surface area (Å²) in [5.74, 6) is -0.0767. The highest BCUT2D eigenvalue weighted by molar-refractivity contribution is 7.13. The summed E-state index contributed by atoms with van der Waals surface area (Å²) >= 11 is 1.44. The normalized spacial score (nSPS) is 10.8. The van der Waals surface area contributed by atoms with Crippen LogP contribution in [0.25, 0.3) is 21.7 Å². The first-order chi connectivity index (χ1) is 10.1. The van der Waals surface area contributed by atoms with Gasteiger partial charge < -0.3 is 5.11 Å². The minimum Gasteiger partial charge on any atom is -0.494 e. The predicted octanol–water partition coefficient (Wildman–Crippen LogP) is 2.58. The number of pyridine rings is 2. The lowest BCUT2D eigenvalue weighted by atomic mass is 10.1. The van der Waals surface area contributed by atoms with Crippen LogP contribution in [0.5, 0.6) is 5.88 Å². The van der Waals surface area contributed by atoms with Crippen LogP contribution in [0.1, 0.15) is 5.69 Å². The molecule has 3 aromatic rings. The number of hydrogen-bond acceptors (Lipinski definition) is 5. The zero-order valence-corrected chi connectivity index (χ0v) is 12.4. The topological polar surface area (TPSA) is 68.0 Å². The van der Waals surface area contributed by atoms with Crippen molar-refractivity contribution in [2.75, 3.05) is 0 Å². The summed E-state index contributed by atoms with van der Waals surface area (Å²) in [6.07, 6.45) is 3.27. The van der Waals surface area contributed by atoms with Gasteiger partial charge in [0, 0.05) is 36.1 Å². The summed E-state index contributed by atoms with van der Waals surface area (Å²) in [6.45, 7) is 1.89. The van der Waals surface area contributed by atoms with E-state index in [0.29, 0.717) is 16.1 Å². The summed E-state index contributed by atoms with van der Waals surface area (Å²) in [5.41, 5.74) is 2.46. The first kappa shape index (κ1) is 13.5. The molecule has 0 aliphatic heterocycles. The third kappa shape index (κ3) is 2.34. The van der Waals surface area contributed by atoms with Crippen LogP contribution in [0, 0.1) is 6.92 Å². The third-order valence-electron chi connectivity index (χ3n) is 3.22. The van der Waals surface area contributed by atoms with Gasteiger partial charge in [-0.2, -0.15) is 0 Å². The number of hydrogen-bond donors (Lipinski definition) is 1. The van der Waals surface area contributed by atoms with Gasteiger partial charge in [0.05, 0.1) is 5.56 Å². The molecule has 3 aromatic heterocycles. The molecule has 106 valence electrons. The van der Waals surface area contributed by atoms with Crippen LogP contribution in [-0.2, 0) is 7.05 Å². The first-order valence-electron chi connectivity index (χ1n) is 6.34. The van der Waals surface area contributed by atoms with Crippen molar-refractivity contribution in [1.29, 1.82) is 0 Å². The summed E-state index contributed by atoms with van der Waals surface area (Å²) < 4.78 is 1.24. The van der Waals surface area contributed by atoms with Crippen LogP contribution in [0.15, 0.2) is 40.8 Å². The molecule has 0 saturated heterocycles. The molecule has 0 spiro atoms. The Bertz CT molecular complexity index is 853. The first-order valence-corrected chi connectivity index (χ1v) is 7.22. The van der Waals surface area contributed by atoms with Gasteiger partial charge in [0.15, 0.2) is 0 Å². The minimum atomic E-state index is -0.254. The van der Waals surface area contributed by atoms with Gasteiger partial charge in [0.1, 0.15) is 5.01 Å². The summed E-state index contributed by atoms with van der Waals surface area (Å²) in [6, 6.07) is 5.22. The van der Waals surface area contributed by atoms with E-state index in [1.54, 1.807) is 37.6 Å². The van der Waals surface area contributed by atoms with E-state index in [1.807, 2.05) is 12.3 Å². The lowest BCUT2D eigenvalue weighted by Gasteiger charge is -2.10. The molecule has 0 atom stereocenters. The maximum Gasteiger partial charge on any atom is 0.260 e. The highest BCUT2D eigenvalue weighted by atomic mass is 32.1. The SMILES string of the molecule is Cc1csc(-c2cc(-c3ccncc3)c(=O)n(C)c2O)n1. The molecular weight excluding hydrogens is 286 g/mol. The maximum absolute atomic E-state index is 12.3. The van der Waals surface area contributed by atoms with Crippen molar-refractivity contribution < 1.29 is 5.11 Å². The molecular formula is C15H13N3O2S. The molecule has 21 heavy (non-hydrogen) atoms. The third-order valence-corrected chi connectivity index (χ3v) is 4.22. The molecule has 0 aromatic carbocycles. The van der Waals surface area contributed by atoms with Crippen molar-refractivity contribution in [3.8, 4) is 27.6 Å². The van der Waals surface area contributed by atoms with Gasteiger partial charge in [0.2, 0.25) is 5.88 Å².